The van der Waals surface area contributed by atoms with Crippen LogP contribution in [-0.4, -0.2) is 5.25 Å². The summed E-state index contributed by atoms with van der Waals surface area (Å²) in [5.41, 5.74) is 2.20. The molecular formula is C14H13Cl2NS2. The summed E-state index contributed by atoms with van der Waals surface area (Å²) in [7, 11) is 0. The quantitative estimate of drug-likeness (QED) is 0.715. The third kappa shape index (κ3) is 2.75. The van der Waals surface area contributed by atoms with E-state index < -0.39 is 0 Å². The van der Waals surface area contributed by atoms with Crippen molar-refractivity contribution < 1.29 is 0 Å². The van der Waals surface area contributed by atoms with Crippen molar-refractivity contribution in [2.45, 2.75) is 28.8 Å². The molecule has 0 saturated heterocycles. The van der Waals surface area contributed by atoms with E-state index in [4.69, 9.17) is 23.2 Å². The first-order valence-electron chi connectivity index (χ1n) is 6.09. The molecule has 2 atom stereocenters. The molecule has 0 bridgehead atoms. The zero-order chi connectivity index (χ0) is 13.4. The SMILES string of the molecule is C[C@H]1CC(Nc2c(Cl)cccc2Cl)c2ccsc2S1. The van der Waals surface area contributed by atoms with E-state index in [2.05, 4.69) is 23.7 Å². The monoisotopic (exact) mass is 329 g/mol. The molecule has 0 amide bonds. The summed E-state index contributed by atoms with van der Waals surface area (Å²) in [5, 5.41) is 7.62. The van der Waals surface area contributed by atoms with Crippen molar-refractivity contribution in [2.24, 2.45) is 0 Å². The van der Waals surface area contributed by atoms with E-state index in [1.807, 2.05) is 41.3 Å². The predicted octanol–water partition coefficient (Wildman–Crippen LogP) is 6.09. The molecule has 0 radical (unpaired) electrons. The van der Waals surface area contributed by atoms with Crippen molar-refractivity contribution in [3.05, 3.63) is 45.3 Å². The molecule has 5 heteroatoms. The molecule has 1 N–H and O–H groups in total. The second-order valence-electron chi connectivity index (χ2n) is 4.62. The van der Waals surface area contributed by atoms with E-state index >= 15 is 0 Å². The number of anilines is 1. The van der Waals surface area contributed by atoms with Gasteiger partial charge in [0.05, 0.1) is 26.0 Å². The average molecular weight is 330 g/mol. The van der Waals surface area contributed by atoms with Crippen LogP contribution in [0.25, 0.3) is 0 Å². The van der Waals surface area contributed by atoms with Crippen molar-refractivity contribution >= 4 is 52.0 Å². The molecule has 19 heavy (non-hydrogen) atoms. The zero-order valence-electron chi connectivity index (χ0n) is 10.3. The Morgan fingerprint density at radius 2 is 1.95 bits per heavy atom. The maximum Gasteiger partial charge on any atom is 0.0723 e. The minimum Gasteiger partial charge on any atom is -0.376 e. The number of hydrogen-bond donors (Lipinski definition) is 1. The molecule has 2 heterocycles. The van der Waals surface area contributed by atoms with E-state index in [1.54, 1.807) is 0 Å². The highest BCUT2D eigenvalue weighted by molar-refractivity contribution is 8.01. The van der Waals surface area contributed by atoms with Gasteiger partial charge < -0.3 is 5.32 Å². The largest absolute Gasteiger partial charge is 0.376 e. The minimum absolute atomic E-state index is 0.287. The Labute approximate surface area is 131 Å². The first-order chi connectivity index (χ1) is 9.15. The number of para-hydroxylation sites is 1. The van der Waals surface area contributed by atoms with Crippen LogP contribution < -0.4 is 5.32 Å². The Bertz CT molecular complexity index is 577. The Kier molecular flexibility index (Phi) is 3.99. The van der Waals surface area contributed by atoms with Gasteiger partial charge in [0.25, 0.3) is 0 Å². The molecule has 0 saturated carbocycles. The number of benzene rings is 1. The highest BCUT2D eigenvalue weighted by atomic mass is 35.5. The van der Waals surface area contributed by atoms with Gasteiger partial charge in [-0.1, -0.05) is 36.2 Å². The molecule has 3 rings (SSSR count). The first-order valence-corrected chi connectivity index (χ1v) is 8.61. The van der Waals surface area contributed by atoms with Crippen LogP contribution in [0.5, 0.6) is 0 Å². The van der Waals surface area contributed by atoms with Gasteiger partial charge in [-0.05, 0) is 35.6 Å². The summed E-state index contributed by atoms with van der Waals surface area (Å²) in [4.78, 5) is 0. The van der Waals surface area contributed by atoms with Crippen LogP contribution in [0.2, 0.25) is 10.0 Å². The number of rotatable bonds is 2. The maximum atomic E-state index is 6.24. The molecule has 0 fully saturated rings. The van der Waals surface area contributed by atoms with Gasteiger partial charge in [-0.25, -0.2) is 0 Å². The van der Waals surface area contributed by atoms with Gasteiger partial charge in [-0.2, -0.15) is 0 Å². The van der Waals surface area contributed by atoms with Crippen LogP contribution >= 0.6 is 46.3 Å². The van der Waals surface area contributed by atoms with Gasteiger partial charge in [0, 0.05) is 5.25 Å². The van der Waals surface area contributed by atoms with Gasteiger partial charge in [0.1, 0.15) is 0 Å². The van der Waals surface area contributed by atoms with Crippen molar-refractivity contribution in [3.63, 3.8) is 0 Å². The molecule has 0 spiro atoms. The molecule has 2 aromatic rings. The lowest BCUT2D eigenvalue weighted by Crippen LogP contribution is -2.19. The number of thiophene rings is 1. The van der Waals surface area contributed by atoms with Crippen molar-refractivity contribution in [1.29, 1.82) is 0 Å². The lowest BCUT2D eigenvalue weighted by atomic mass is 10.0. The lowest BCUT2D eigenvalue weighted by Gasteiger charge is -2.29. The fraction of sp³-hybridized carbons (Fsp3) is 0.286. The first kappa shape index (κ1) is 13.6. The Balaban J connectivity index is 1.92. The number of hydrogen-bond acceptors (Lipinski definition) is 3. The van der Waals surface area contributed by atoms with E-state index in [1.165, 1.54) is 9.77 Å². The lowest BCUT2D eigenvalue weighted by molar-refractivity contribution is 0.670. The molecule has 1 aliphatic rings. The number of nitrogens with one attached hydrogen (secondary N) is 1. The van der Waals surface area contributed by atoms with Crippen LogP contribution in [0.1, 0.15) is 24.9 Å². The molecule has 1 aromatic carbocycles. The third-order valence-corrected chi connectivity index (χ3v) is 6.16. The Morgan fingerprint density at radius 3 is 2.68 bits per heavy atom. The summed E-state index contributed by atoms with van der Waals surface area (Å²) in [5.74, 6) is 0. The maximum absolute atomic E-state index is 6.24. The molecule has 100 valence electrons. The van der Waals surface area contributed by atoms with Gasteiger partial charge >= 0.3 is 0 Å². The van der Waals surface area contributed by atoms with Crippen molar-refractivity contribution in [2.75, 3.05) is 5.32 Å². The highest BCUT2D eigenvalue weighted by Gasteiger charge is 2.27. The van der Waals surface area contributed by atoms with Crippen LogP contribution in [0, 0.1) is 0 Å². The molecular weight excluding hydrogens is 317 g/mol. The molecule has 1 aliphatic heterocycles. The number of thioether (sulfide) groups is 1. The predicted molar refractivity (Wildman–Crippen MR) is 87.1 cm³/mol. The van der Waals surface area contributed by atoms with Crippen molar-refractivity contribution in [3.8, 4) is 0 Å². The summed E-state index contributed by atoms with van der Waals surface area (Å²) in [6.45, 7) is 2.26. The van der Waals surface area contributed by atoms with Gasteiger partial charge in [0.2, 0.25) is 0 Å². The fourth-order valence-electron chi connectivity index (χ4n) is 2.30. The van der Waals surface area contributed by atoms with Crippen LogP contribution in [0.4, 0.5) is 5.69 Å². The van der Waals surface area contributed by atoms with E-state index in [0.29, 0.717) is 15.3 Å². The summed E-state index contributed by atoms with van der Waals surface area (Å²) < 4.78 is 1.40. The second-order valence-corrected chi connectivity index (χ2v) is 8.06. The van der Waals surface area contributed by atoms with Crippen LogP contribution in [0.15, 0.2) is 33.9 Å². The van der Waals surface area contributed by atoms with E-state index in [9.17, 15) is 0 Å². The number of fused-ring (bicyclic) bond motifs is 1. The minimum atomic E-state index is 0.287. The van der Waals surface area contributed by atoms with Gasteiger partial charge in [-0.3, -0.25) is 0 Å². The number of halogens is 2. The fourth-order valence-corrected chi connectivity index (χ4v) is 5.37. The third-order valence-electron chi connectivity index (χ3n) is 3.19. The zero-order valence-corrected chi connectivity index (χ0v) is 13.5. The molecule has 1 aromatic heterocycles. The van der Waals surface area contributed by atoms with Crippen molar-refractivity contribution in [1.82, 2.24) is 0 Å². The summed E-state index contributed by atoms with van der Waals surface area (Å²) >= 11 is 16.2. The topological polar surface area (TPSA) is 12.0 Å². The highest BCUT2D eigenvalue weighted by Crippen LogP contribution is 2.46. The van der Waals surface area contributed by atoms with Crippen LogP contribution in [-0.2, 0) is 0 Å². The average Bonchev–Trinajstić information content (AvgIpc) is 2.81. The summed E-state index contributed by atoms with van der Waals surface area (Å²) in [6.07, 6.45) is 1.08. The smallest absolute Gasteiger partial charge is 0.0723 e. The van der Waals surface area contributed by atoms with Crippen LogP contribution in [0.3, 0.4) is 0 Å². The standard InChI is InChI=1S/C14H13Cl2NS2/c1-8-7-12(9-5-6-18-14(9)19-8)17-13-10(15)3-2-4-11(13)16/h2-6,8,12,17H,7H2,1H3/t8-,12?/m0/s1. The normalized spacial score (nSPS) is 22.1. The molecule has 1 nitrogen and oxygen atoms in total. The van der Waals surface area contributed by atoms with Gasteiger partial charge in [-0.15, -0.1) is 23.1 Å². The Hall–Kier alpha value is -0.350. The van der Waals surface area contributed by atoms with E-state index in [0.717, 1.165) is 12.1 Å². The molecule has 0 aliphatic carbocycles. The van der Waals surface area contributed by atoms with Gasteiger partial charge in [0.15, 0.2) is 0 Å². The molecule has 1 unspecified atom stereocenters. The summed E-state index contributed by atoms with van der Waals surface area (Å²) in [6, 6.07) is 8.08. The Morgan fingerprint density at radius 1 is 1.21 bits per heavy atom. The second kappa shape index (κ2) is 5.57. The van der Waals surface area contributed by atoms with E-state index in [-0.39, 0.29) is 6.04 Å².